The maximum absolute atomic E-state index is 13.9. The van der Waals surface area contributed by atoms with Crippen molar-refractivity contribution in [2.75, 3.05) is 18.9 Å². The van der Waals surface area contributed by atoms with E-state index >= 15 is 0 Å². The molecule has 0 aliphatic carbocycles. The Morgan fingerprint density at radius 2 is 1.80 bits per heavy atom. The molecule has 1 rings (SSSR count). The third kappa shape index (κ3) is 5.77. The Balaban J connectivity index is 2.66. The van der Waals surface area contributed by atoms with Crippen LogP contribution in [0.15, 0.2) is 17.0 Å². The van der Waals surface area contributed by atoms with Crippen LogP contribution in [0.25, 0.3) is 0 Å². The maximum atomic E-state index is 13.9. The molecule has 1 atom stereocenters. The van der Waals surface area contributed by atoms with E-state index in [0.29, 0.717) is 23.8 Å². The van der Waals surface area contributed by atoms with Crippen molar-refractivity contribution >= 4 is 11.8 Å². The normalized spacial score (nSPS) is 12.9. The molecule has 5 heteroatoms. The third-order valence-corrected chi connectivity index (χ3v) is 4.18. The first kappa shape index (κ1) is 17.4. The van der Waals surface area contributed by atoms with Gasteiger partial charge in [-0.25, -0.2) is 8.78 Å². The smallest absolute Gasteiger partial charge is 0.140 e. The fraction of sp³-hybridized carbons (Fsp3) is 0.600. The minimum atomic E-state index is -0.526. The molecule has 1 aromatic carbocycles. The predicted molar refractivity (Wildman–Crippen MR) is 79.9 cm³/mol. The molecule has 1 unspecified atom stereocenters. The van der Waals surface area contributed by atoms with E-state index in [9.17, 15) is 8.78 Å². The van der Waals surface area contributed by atoms with Crippen LogP contribution in [-0.4, -0.2) is 24.0 Å². The highest BCUT2D eigenvalue weighted by Crippen LogP contribution is 2.28. The molecule has 0 spiro atoms. The quantitative estimate of drug-likeness (QED) is 0.722. The van der Waals surface area contributed by atoms with E-state index in [0.717, 1.165) is 18.3 Å². The number of hydrogen-bond donors (Lipinski definition) is 2. The monoisotopic (exact) mass is 303 g/mol. The van der Waals surface area contributed by atoms with Gasteiger partial charge in [-0.15, -0.1) is 11.8 Å². The van der Waals surface area contributed by atoms with Crippen molar-refractivity contribution < 1.29 is 13.9 Å². The fourth-order valence-corrected chi connectivity index (χ4v) is 2.59. The lowest BCUT2D eigenvalue weighted by Crippen LogP contribution is -2.19. The maximum Gasteiger partial charge on any atom is 0.140 e. The van der Waals surface area contributed by atoms with Gasteiger partial charge in [0.05, 0.1) is 4.90 Å². The van der Waals surface area contributed by atoms with Crippen molar-refractivity contribution in [2.45, 2.75) is 32.2 Å². The standard InChI is InChI=1S/C15H23F2NOS/c1-10(2)6-18-7-12-4-13(16)15(14(17)5-12)20-9-11(3)8-19/h4-5,10-11,18-19H,6-9H2,1-3H3. The summed E-state index contributed by atoms with van der Waals surface area (Å²) in [4.78, 5) is 0.0397. The van der Waals surface area contributed by atoms with Crippen LogP contribution < -0.4 is 5.32 Å². The minimum Gasteiger partial charge on any atom is -0.396 e. The molecule has 2 N–H and O–H groups in total. The number of hydrogen-bond acceptors (Lipinski definition) is 3. The van der Waals surface area contributed by atoms with Gasteiger partial charge in [-0.2, -0.15) is 0 Å². The third-order valence-electron chi connectivity index (χ3n) is 2.76. The summed E-state index contributed by atoms with van der Waals surface area (Å²) in [5, 5.41) is 12.1. The van der Waals surface area contributed by atoms with Gasteiger partial charge >= 0.3 is 0 Å². The van der Waals surface area contributed by atoms with Crippen molar-refractivity contribution in [1.82, 2.24) is 5.32 Å². The Morgan fingerprint density at radius 1 is 1.20 bits per heavy atom. The van der Waals surface area contributed by atoms with Crippen LogP contribution in [0.5, 0.6) is 0 Å². The summed E-state index contributed by atoms with van der Waals surface area (Å²) < 4.78 is 27.8. The molecule has 0 aromatic heterocycles. The van der Waals surface area contributed by atoms with E-state index in [-0.39, 0.29) is 17.4 Å². The molecule has 0 aliphatic heterocycles. The first-order chi connectivity index (χ1) is 9.43. The lowest BCUT2D eigenvalue weighted by atomic mass is 10.2. The zero-order valence-corrected chi connectivity index (χ0v) is 13.1. The predicted octanol–water partition coefficient (Wildman–Crippen LogP) is 3.43. The van der Waals surface area contributed by atoms with Crippen molar-refractivity contribution in [2.24, 2.45) is 11.8 Å². The van der Waals surface area contributed by atoms with Crippen LogP contribution in [0.3, 0.4) is 0 Å². The van der Waals surface area contributed by atoms with Gasteiger partial charge in [-0.1, -0.05) is 20.8 Å². The molecule has 0 saturated heterocycles. The molecular formula is C15H23F2NOS. The molecule has 114 valence electrons. The van der Waals surface area contributed by atoms with Gasteiger partial charge in [0.1, 0.15) is 11.6 Å². The lowest BCUT2D eigenvalue weighted by Gasteiger charge is -2.11. The average Bonchev–Trinajstić information content (AvgIpc) is 2.37. The van der Waals surface area contributed by atoms with E-state index in [2.05, 4.69) is 19.2 Å². The second-order valence-electron chi connectivity index (χ2n) is 5.51. The molecule has 1 aromatic rings. The fourth-order valence-electron chi connectivity index (χ4n) is 1.64. The Bertz CT molecular complexity index is 403. The summed E-state index contributed by atoms with van der Waals surface area (Å²) in [5.41, 5.74) is 0.611. The minimum absolute atomic E-state index is 0.0196. The van der Waals surface area contributed by atoms with Crippen LogP contribution in [0, 0.1) is 23.5 Å². The topological polar surface area (TPSA) is 32.3 Å². The number of thioether (sulfide) groups is 1. The van der Waals surface area contributed by atoms with Crippen molar-refractivity contribution in [3.8, 4) is 0 Å². The summed E-state index contributed by atoms with van der Waals surface area (Å²) in [5.74, 6) is -0.0383. The largest absolute Gasteiger partial charge is 0.396 e. The number of halogens is 2. The molecule has 20 heavy (non-hydrogen) atoms. The van der Waals surface area contributed by atoms with Crippen molar-refractivity contribution in [1.29, 1.82) is 0 Å². The molecule has 0 heterocycles. The van der Waals surface area contributed by atoms with Crippen molar-refractivity contribution in [3.63, 3.8) is 0 Å². The first-order valence-electron chi connectivity index (χ1n) is 6.86. The highest BCUT2D eigenvalue weighted by molar-refractivity contribution is 7.99. The van der Waals surface area contributed by atoms with E-state index in [1.165, 1.54) is 12.1 Å². The number of nitrogens with one attached hydrogen (secondary N) is 1. The summed E-state index contributed by atoms with van der Waals surface area (Å²) in [6.07, 6.45) is 0. The van der Waals surface area contributed by atoms with Gasteiger partial charge < -0.3 is 10.4 Å². The van der Waals surface area contributed by atoms with Gasteiger partial charge in [0.15, 0.2) is 0 Å². The van der Waals surface area contributed by atoms with E-state index < -0.39 is 11.6 Å². The van der Waals surface area contributed by atoms with Gasteiger partial charge in [0, 0.05) is 18.9 Å². The summed E-state index contributed by atoms with van der Waals surface area (Å²) >= 11 is 1.11. The first-order valence-corrected chi connectivity index (χ1v) is 7.84. The van der Waals surface area contributed by atoms with Gasteiger partial charge in [0.25, 0.3) is 0 Å². The highest BCUT2D eigenvalue weighted by atomic mass is 32.2. The average molecular weight is 303 g/mol. The molecular weight excluding hydrogens is 280 g/mol. The SMILES string of the molecule is CC(C)CNCc1cc(F)c(SCC(C)CO)c(F)c1. The Morgan fingerprint density at radius 3 is 2.30 bits per heavy atom. The van der Waals surface area contributed by atoms with E-state index in [1.54, 1.807) is 0 Å². The number of aliphatic hydroxyl groups excluding tert-OH is 1. The van der Waals surface area contributed by atoms with Gasteiger partial charge in [0.2, 0.25) is 0 Å². The van der Waals surface area contributed by atoms with Gasteiger partial charge in [-0.05, 0) is 36.1 Å². The number of aliphatic hydroxyl groups is 1. The number of rotatable bonds is 8. The number of benzene rings is 1. The van der Waals surface area contributed by atoms with E-state index in [1.807, 2.05) is 6.92 Å². The Kier molecular flexibility index (Phi) is 7.48. The molecule has 0 radical (unpaired) electrons. The zero-order chi connectivity index (χ0) is 15.1. The van der Waals surface area contributed by atoms with Crippen LogP contribution in [0.4, 0.5) is 8.78 Å². The Labute approximate surface area is 124 Å². The van der Waals surface area contributed by atoms with E-state index in [4.69, 9.17) is 5.11 Å². The van der Waals surface area contributed by atoms with Gasteiger partial charge in [-0.3, -0.25) is 0 Å². The molecule has 0 aliphatic rings. The molecule has 0 fully saturated rings. The molecule has 2 nitrogen and oxygen atoms in total. The second-order valence-corrected chi connectivity index (χ2v) is 6.54. The zero-order valence-electron chi connectivity index (χ0n) is 12.2. The molecule has 0 amide bonds. The van der Waals surface area contributed by atoms with Crippen LogP contribution in [0.1, 0.15) is 26.3 Å². The van der Waals surface area contributed by atoms with Crippen LogP contribution >= 0.6 is 11.8 Å². The summed E-state index contributed by atoms with van der Waals surface area (Å²) in [6, 6.07) is 2.75. The second kappa shape index (κ2) is 8.60. The van der Waals surface area contributed by atoms with Crippen LogP contribution in [-0.2, 0) is 6.54 Å². The van der Waals surface area contributed by atoms with Crippen molar-refractivity contribution in [3.05, 3.63) is 29.3 Å². The molecule has 0 saturated carbocycles. The highest BCUT2D eigenvalue weighted by Gasteiger charge is 2.13. The lowest BCUT2D eigenvalue weighted by molar-refractivity contribution is 0.250. The summed E-state index contributed by atoms with van der Waals surface area (Å²) in [6.45, 7) is 7.30. The molecule has 0 bridgehead atoms. The summed E-state index contributed by atoms with van der Waals surface area (Å²) in [7, 11) is 0. The van der Waals surface area contributed by atoms with Crippen LogP contribution in [0.2, 0.25) is 0 Å². The Hall–Kier alpha value is -0.650.